The van der Waals surface area contributed by atoms with E-state index in [1.807, 2.05) is 6.07 Å². The number of hydrogen-bond acceptors (Lipinski definition) is 5. The van der Waals surface area contributed by atoms with Crippen LogP contribution in [0.2, 0.25) is 0 Å². The molecule has 1 aliphatic rings. The van der Waals surface area contributed by atoms with Crippen LogP contribution in [0.3, 0.4) is 0 Å². The second-order valence-electron chi connectivity index (χ2n) is 5.65. The Morgan fingerprint density at radius 1 is 1.35 bits per heavy atom. The fourth-order valence-corrected chi connectivity index (χ4v) is 3.02. The molecular weight excluding hydrogens is 298 g/mol. The van der Waals surface area contributed by atoms with Crippen LogP contribution >= 0.6 is 0 Å². The second kappa shape index (κ2) is 6.52. The zero-order valence-corrected chi connectivity index (χ0v) is 13.2. The van der Waals surface area contributed by atoms with Crippen LogP contribution in [0, 0.1) is 0 Å². The summed E-state index contributed by atoms with van der Waals surface area (Å²) in [5, 5.41) is 1.16. The van der Waals surface area contributed by atoms with Gasteiger partial charge in [-0.15, -0.1) is 0 Å². The molecule has 0 N–H and O–H groups in total. The SMILES string of the molecule is COC[C@@H]1C[C@@H](OC)CN1C(=O)c1cc2ccccc2c(=O)o1. The Balaban J connectivity index is 1.94. The lowest BCUT2D eigenvalue weighted by atomic mass is 10.1. The summed E-state index contributed by atoms with van der Waals surface area (Å²) in [6.45, 7) is 0.878. The van der Waals surface area contributed by atoms with E-state index in [0.29, 0.717) is 30.3 Å². The van der Waals surface area contributed by atoms with E-state index in [9.17, 15) is 9.59 Å². The van der Waals surface area contributed by atoms with Crippen LogP contribution in [0.4, 0.5) is 0 Å². The number of carbonyl (C=O) groups excluding carboxylic acids is 1. The van der Waals surface area contributed by atoms with Crippen molar-refractivity contribution < 1.29 is 18.7 Å². The van der Waals surface area contributed by atoms with Gasteiger partial charge in [0.05, 0.1) is 24.1 Å². The molecule has 3 rings (SSSR count). The van der Waals surface area contributed by atoms with E-state index >= 15 is 0 Å². The molecule has 23 heavy (non-hydrogen) atoms. The predicted octanol–water partition coefficient (Wildman–Crippen LogP) is 1.67. The Hall–Kier alpha value is -2.18. The summed E-state index contributed by atoms with van der Waals surface area (Å²) in [6, 6.07) is 8.58. The van der Waals surface area contributed by atoms with E-state index in [0.717, 1.165) is 0 Å². The third-order valence-electron chi connectivity index (χ3n) is 4.21. The lowest BCUT2D eigenvalue weighted by Crippen LogP contribution is -2.38. The summed E-state index contributed by atoms with van der Waals surface area (Å²) in [5.74, 6) is -0.263. The third-order valence-corrected chi connectivity index (χ3v) is 4.21. The van der Waals surface area contributed by atoms with Crippen molar-refractivity contribution in [3.63, 3.8) is 0 Å². The molecule has 0 spiro atoms. The fraction of sp³-hybridized carbons (Fsp3) is 0.412. The zero-order valence-electron chi connectivity index (χ0n) is 13.2. The Bertz CT molecular complexity index is 769. The van der Waals surface area contributed by atoms with Crippen molar-refractivity contribution >= 4 is 16.7 Å². The molecule has 1 aromatic heterocycles. The van der Waals surface area contributed by atoms with Crippen LogP contribution < -0.4 is 5.63 Å². The van der Waals surface area contributed by atoms with Crippen LogP contribution in [-0.4, -0.2) is 50.3 Å². The standard InChI is InChI=1S/C17H19NO5/c1-21-10-12-8-13(22-2)9-18(12)16(19)15-7-11-5-3-4-6-14(11)17(20)23-15/h3-7,12-13H,8-10H2,1-2H3/t12-,13+/m0/s1. The van der Waals surface area contributed by atoms with E-state index in [4.69, 9.17) is 13.9 Å². The first-order valence-corrected chi connectivity index (χ1v) is 7.49. The lowest BCUT2D eigenvalue weighted by molar-refractivity contribution is 0.0578. The molecule has 1 aromatic carbocycles. The van der Waals surface area contributed by atoms with Gasteiger partial charge in [0.25, 0.3) is 5.91 Å². The highest BCUT2D eigenvalue weighted by molar-refractivity contribution is 5.95. The number of carbonyl (C=O) groups is 1. The largest absolute Gasteiger partial charge is 0.417 e. The topological polar surface area (TPSA) is 69.0 Å². The highest BCUT2D eigenvalue weighted by atomic mass is 16.5. The molecule has 2 heterocycles. The molecule has 0 saturated carbocycles. The quantitative estimate of drug-likeness (QED) is 0.858. The number of benzene rings is 1. The Morgan fingerprint density at radius 2 is 2.13 bits per heavy atom. The smallest absolute Gasteiger partial charge is 0.344 e. The number of amides is 1. The Labute approximate surface area is 133 Å². The van der Waals surface area contributed by atoms with Crippen LogP contribution in [-0.2, 0) is 9.47 Å². The van der Waals surface area contributed by atoms with Gasteiger partial charge in [0.2, 0.25) is 0 Å². The summed E-state index contributed by atoms with van der Waals surface area (Å²) in [4.78, 5) is 26.5. The molecule has 2 atom stereocenters. The molecule has 6 heteroatoms. The van der Waals surface area contributed by atoms with Crippen molar-refractivity contribution in [1.29, 1.82) is 0 Å². The average molecular weight is 317 g/mol. The van der Waals surface area contributed by atoms with Gasteiger partial charge < -0.3 is 18.8 Å². The van der Waals surface area contributed by atoms with Crippen molar-refractivity contribution in [2.45, 2.75) is 18.6 Å². The molecule has 6 nitrogen and oxygen atoms in total. The molecule has 1 amide bonds. The average Bonchev–Trinajstić information content (AvgIpc) is 2.97. The maximum absolute atomic E-state index is 12.8. The van der Waals surface area contributed by atoms with Crippen LogP contribution in [0.25, 0.3) is 10.8 Å². The molecule has 0 bridgehead atoms. The van der Waals surface area contributed by atoms with E-state index in [-0.39, 0.29) is 23.8 Å². The molecule has 1 fully saturated rings. The molecule has 2 aromatic rings. The van der Waals surface area contributed by atoms with Crippen molar-refractivity contribution in [3.05, 3.63) is 46.5 Å². The van der Waals surface area contributed by atoms with Crippen LogP contribution in [0.1, 0.15) is 17.0 Å². The normalized spacial score (nSPS) is 21.0. The number of likely N-dealkylation sites (tertiary alicyclic amines) is 1. The van der Waals surface area contributed by atoms with E-state index in [2.05, 4.69) is 0 Å². The van der Waals surface area contributed by atoms with E-state index < -0.39 is 5.63 Å². The predicted molar refractivity (Wildman–Crippen MR) is 84.6 cm³/mol. The molecular formula is C17H19NO5. The van der Waals surface area contributed by atoms with Gasteiger partial charge in [-0.1, -0.05) is 18.2 Å². The van der Waals surface area contributed by atoms with Crippen LogP contribution in [0.15, 0.2) is 39.5 Å². The number of nitrogens with zero attached hydrogens (tertiary/aromatic N) is 1. The van der Waals surface area contributed by atoms with Crippen molar-refractivity contribution in [1.82, 2.24) is 4.90 Å². The van der Waals surface area contributed by atoms with Gasteiger partial charge in [0.1, 0.15) is 0 Å². The number of methoxy groups -OCH3 is 2. The van der Waals surface area contributed by atoms with Gasteiger partial charge in [0, 0.05) is 20.8 Å². The molecule has 1 saturated heterocycles. The fourth-order valence-electron chi connectivity index (χ4n) is 3.02. The summed E-state index contributed by atoms with van der Waals surface area (Å²) >= 11 is 0. The summed E-state index contributed by atoms with van der Waals surface area (Å²) in [5.41, 5.74) is -0.503. The zero-order chi connectivity index (χ0) is 16.4. The molecule has 0 radical (unpaired) electrons. The first kappa shape index (κ1) is 15.7. The highest BCUT2D eigenvalue weighted by Crippen LogP contribution is 2.23. The van der Waals surface area contributed by atoms with Gasteiger partial charge in [0.15, 0.2) is 5.76 Å². The van der Waals surface area contributed by atoms with Gasteiger partial charge in [-0.25, -0.2) is 4.79 Å². The first-order valence-electron chi connectivity index (χ1n) is 7.49. The van der Waals surface area contributed by atoms with E-state index in [1.165, 1.54) is 0 Å². The van der Waals surface area contributed by atoms with E-state index in [1.54, 1.807) is 43.4 Å². The maximum atomic E-state index is 12.8. The minimum absolute atomic E-state index is 0.0359. The molecule has 122 valence electrons. The number of hydrogen-bond donors (Lipinski definition) is 0. The number of rotatable bonds is 4. The maximum Gasteiger partial charge on any atom is 0.344 e. The second-order valence-corrected chi connectivity index (χ2v) is 5.65. The van der Waals surface area contributed by atoms with Crippen molar-refractivity contribution in [3.8, 4) is 0 Å². The number of fused-ring (bicyclic) bond motifs is 1. The third kappa shape index (κ3) is 3.00. The number of ether oxygens (including phenoxy) is 2. The highest BCUT2D eigenvalue weighted by Gasteiger charge is 2.36. The summed E-state index contributed by atoms with van der Waals surface area (Å²) < 4.78 is 15.8. The van der Waals surface area contributed by atoms with Crippen molar-refractivity contribution in [2.75, 3.05) is 27.4 Å². The van der Waals surface area contributed by atoms with Gasteiger partial charge in [-0.05, 0) is 23.9 Å². The minimum atomic E-state index is -0.503. The van der Waals surface area contributed by atoms with Gasteiger partial charge >= 0.3 is 5.63 Å². The Kier molecular flexibility index (Phi) is 4.45. The molecule has 0 unspecified atom stereocenters. The molecule has 0 aliphatic carbocycles. The lowest BCUT2D eigenvalue weighted by Gasteiger charge is -2.23. The van der Waals surface area contributed by atoms with Gasteiger partial charge in [-0.3, -0.25) is 4.79 Å². The van der Waals surface area contributed by atoms with Gasteiger partial charge in [-0.2, -0.15) is 0 Å². The summed E-state index contributed by atoms with van der Waals surface area (Å²) in [7, 11) is 3.22. The van der Waals surface area contributed by atoms with Crippen molar-refractivity contribution in [2.24, 2.45) is 0 Å². The monoisotopic (exact) mass is 317 g/mol. The Morgan fingerprint density at radius 3 is 2.87 bits per heavy atom. The first-order chi connectivity index (χ1) is 11.1. The van der Waals surface area contributed by atoms with Crippen LogP contribution in [0.5, 0.6) is 0 Å². The molecule has 1 aliphatic heterocycles. The minimum Gasteiger partial charge on any atom is -0.417 e. The summed E-state index contributed by atoms with van der Waals surface area (Å²) in [6.07, 6.45) is 0.666.